The number of rotatable bonds is 9. The third-order valence-electron chi connectivity index (χ3n) is 7.75. The van der Waals surface area contributed by atoms with Crippen molar-refractivity contribution in [3.8, 4) is 0 Å². The molecule has 2 N–H and O–H groups in total. The van der Waals surface area contributed by atoms with E-state index in [1.54, 1.807) is 0 Å². The van der Waals surface area contributed by atoms with Gasteiger partial charge in [-0.2, -0.15) is 0 Å². The Labute approximate surface area is 208 Å². The van der Waals surface area contributed by atoms with E-state index in [1.165, 1.54) is 29.8 Å². The Morgan fingerprint density at radius 2 is 2.09 bits per heavy atom. The second-order valence-corrected chi connectivity index (χ2v) is 10.3. The first-order chi connectivity index (χ1) is 17.1. The van der Waals surface area contributed by atoms with Crippen LogP contribution >= 0.6 is 0 Å². The van der Waals surface area contributed by atoms with Gasteiger partial charge < -0.3 is 25.0 Å². The number of carboxylic acid groups (broad SMARTS) is 1. The van der Waals surface area contributed by atoms with Gasteiger partial charge in [-0.25, -0.2) is 4.98 Å². The van der Waals surface area contributed by atoms with E-state index in [2.05, 4.69) is 51.5 Å². The second-order valence-electron chi connectivity index (χ2n) is 10.3. The van der Waals surface area contributed by atoms with Gasteiger partial charge in [0.25, 0.3) is 0 Å². The van der Waals surface area contributed by atoms with Gasteiger partial charge in [-0.3, -0.25) is 4.79 Å². The number of carboxylic acids is 1. The summed E-state index contributed by atoms with van der Waals surface area (Å²) >= 11 is 0. The lowest BCUT2D eigenvalue weighted by Crippen LogP contribution is -2.36. The number of morpholine rings is 1. The molecule has 3 aliphatic heterocycles. The number of benzene rings is 1. The highest BCUT2D eigenvalue weighted by atomic mass is 16.5. The lowest BCUT2D eigenvalue weighted by molar-refractivity contribution is -0.137. The summed E-state index contributed by atoms with van der Waals surface area (Å²) in [6.07, 6.45) is 5.80. The van der Waals surface area contributed by atoms with Crippen LogP contribution in [0.3, 0.4) is 0 Å². The molecule has 188 valence electrons. The van der Waals surface area contributed by atoms with Crippen molar-refractivity contribution in [2.24, 2.45) is 5.92 Å². The van der Waals surface area contributed by atoms with Gasteiger partial charge in [0.1, 0.15) is 5.82 Å². The van der Waals surface area contributed by atoms with E-state index in [0.29, 0.717) is 5.92 Å². The molecule has 0 amide bonds. The standard InChI is InChI=1S/C28H38N4O3/c33-27(34)18-24(23-3-1-5-26(17-23)32-13-15-35-16-14-32)20-31-12-10-21(19-31)6-8-25-9-7-22-4-2-11-29-28(22)30-25/h1,3,5,7,9,17,21,24H,2,4,6,8,10-16,18-20H2,(H,29,30)(H,33,34)/t21-,24-/m1/s1. The predicted octanol–water partition coefficient (Wildman–Crippen LogP) is 3.79. The maximum absolute atomic E-state index is 11.7. The minimum atomic E-state index is -0.727. The normalized spacial score (nSPS) is 21.4. The Morgan fingerprint density at radius 1 is 1.20 bits per heavy atom. The van der Waals surface area contributed by atoms with E-state index < -0.39 is 5.97 Å². The molecule has 2 fully saturated rings. The van der Waals surface area contributed by atoms with Crippen molar-refractivity contribution in [1.29, 1.82) is 0 Å². The van der Waals surface area contributed by atoms with Crippen molar-refractivity contribution in [2.45, 2.75) is 44.4 Å². The van der Waals surface area contributed by atoms with E-state index in [1.807, 2.05) is 0 Å². The van der Waals surface area contributed by atoms with Crippen LogP contribution in [0.5, 0.6) is 0 Å². The number of ether oxygens (including phenoxy) is 1. The number of nitrogens with zero attached hydrogens (tertiary/aromatic N) is 3. The van der Waals surface area contributed by atoms with Crippen molar-refractivity contribution < 1.29 is 14.6 Å². The molecule has 5 rings (SSSR count). The number of aliphatic carboxylic acids is 1. The summed E-state index contributed by atoms with van der Waals surface area (Å²) in [6, 6.07) is 12.9. The summed E-state index contributed by atoms with van der Waals surface area (Å²) in [5, 5.41) is 13.1. The van der Waals surface area contributed by atoms with Gasteiger partial charge >= 0.3 is 5.97 Å². The zero-order chi connectivity index (χ0) is 24.0. The van der Waals surface area contributed by atoms with Crippen molar-refractivity contribution in [1.82, 2.24) is 9.88 Å². The average Bonchev–Trinajstić information content (AvgIpc) is 3.34. The van der Waals surface area contributed by atoms with E-state index in [9.17, 15) is 9.90 Å². The van der Waals surface area contributed by atoms with Crippen LogP contribution in [0.2, 0.25) is 0 Å². The third kappa shape index (κ3) is 6.33. The fraction of sp³-hybridized carbons (Fsp3) is 0.571. The molecule has 3 aliphatic rings. The monoisotopic (exact) mass is 478 g/mol. The van der Waals surface area contributed by atoms with Crippen molar-refractivity contribution in [3.05, 3.63) is 53.2 Å². The Morgan fingerprint density at radius 3 is 2.94 bits per heavy atom. The van der Waals surface area contributed by atoms with Gasteiger partial charge in [-0.15, -0.1) is 0 Å². The lowest BCUT2D eigenvalue weighted by atomic mass is 9.94. The highest BCUT2D eigenvalue weighted by Gasteiger charge is 2.27. The molecular formula is C28H38N4O3. The molecule has 1 aromatic carbocycles. The Balaban J connectivity index is 1.17. The number of hydrogen-bond acceptors (Lipinski definition) is 6. The fourth-order valence-electron chi connectivity index (χ4n) is 5.78. The number of hydrogen-bond donors (Lipinski definition) is 2. The highest BCUT2D eigenvalue weighted by molar-refractivity contribution is 5.68. The summed E-state index contributed by atoms with van der Waals surface area (Å²) in [5.41, 5.74) is 4.83. The summed E-state index contributed by atoms with van der Waals surface area (Å²) in [4.78, 5) is 21.4. The van der Waals surface area contributed by atoms with Crippen LogP contribution in [0.15, 0.2) is 36.4 Å². The molecule has 0 saturated carbocycles. The van der Waals surface area contributed by atoms with Crippen LogP contribution in [-0.2, 0) is 22.4 Å². The van der Waals surface area contributed by atoms with Crippen molar-refractivity contribution >= 4 is 17.5 Å². The summed E-state index contributed by atoms with van der Waals surface area (Å²) in [7, 11) is 0. The van der Waals surface area contributed by atoms with E-state index in [0.717, 1.165) is 83.1 Å². The third-order valence-corrected chi connectivity index (χ3v) is 7.75. The molecule has 1 aromatic heterocycles. The average molecular weight is 479 g/mol. The molecule has 4 heterocycles. The Bertz CT molecular complexity index is 1010. The number of pyridine rings is 1. The van der Waals surface area contributed by atoms with Crippen molar-refractivity contribution in [2.75, 3.05) is 62.7 Å². The van der Waals surface area contributed by atoms with Crippen LogP contribution in [0.4, 0.5) is 11.5 Å². The minimum Gasteiger partial charge on any atom is -0.481 e. The molecule has 35 heavy (non-hydrogen) atoms. The first-order valence-corrected chi connectivity index (χ1v) is 13.2. The fourth-order valence-corrected chi connectivity index (χ4v) is 5.78. The minimum absolute atomic E-state index is 0.000581. The van der Waals surface area contributed by atoms with Gasteiger partial charge in [0, 0.05) is 50.0 Å². The second kappa shape index (κ2) is 11.4. The molecule has 2 atom stereocenters. The highest BCUT2D eigenvalue weighted by Crippen LogP contribution is 2.30. The number of nitrogens with one attached hydrogen (secondary N) is 1. The largest absolute Gasteiger partial charge is 0.481 e. The number of likely N-dealkylation sites (tertiary alicyclic amines) is 1. The predicted molar refractivity (Wildman–Crippen MR) is 138 cm³/mol. The Hall–Kier alpha value is -2.64. The molecule has 2 aromatic rings. The van der Waals surface area contributed by atoms with Gasteiger partial charge in [-0.05, 0) is 73.9 Å². The topological polar surface area (TPSA) is 77.9 Å². The van der Waals surface area contributed by atoms with Crippen LogP contribution in [0.1, 0.15) is 48.4 Å². The van der Waals surface area contributed by atoms with E-state index in [4.69, 9.17) is 9.72 Å². The van der Waals surface area contributed by atoms with Gasteiger partial charge in [-0.1, -0.05) is 18.2 Å². The quantitative estimate of drug-likeness (QED) is 0.568. The SMILES string of the molecule is O=C(O)C[C@H](CN1CC[C@@H](CCc2ccc3c(n2)NCCC3)C1)c1cccc(N2CCOCC2)c1. The van der Waals surface area contributed by atoms with Crippen LogP contribution < -0.4 is 10.2 Å². The van der Waals surface area contributed by atoms with Gasteiger partial charge in [0.2, 0.25) is 0 Å². The van der Waals surface area contributed by atoms with E-state index in [-0.39, 0.29) is 12.3 Å². The molecule has 0 radical (unpaired) electrons. The number of aromatic nitrogens is 1. The Kier molecular flexibility index (Phi) is 7.84. The summed E-state index contributed by atoms with van der Waals surface area (Å²) in [6.45, 7) is 7.17. The molecule has 2 saturated heterocycles. The zero-order valence-electron chi connectivity index (χ0n) is 20.6. The number of anilines is 2. The summed E-state index contributed by atoms with van der Waals surface area (Å²) in [5.74, 6) is 0.999. The molecule has 0 spiro atoms. The molecule has 0 aliphatic carbocycles. The van der Waals surface area contributed by atoms with Crippen LogP contribution in [-0.4, -0.2) is 73.4 Å². The summed E-state index contributed by atoms with van der Waals surface area (Å²) < 4.78 is 5.49. The van der Waals surface area contributed by atoms with Crippen molar-refractivity contribution in [3.63, 3.8) is 0 Å². The first-order valence-electron chi connectivity index (χ1n) is 13.2. The number of aryl methyl sites for hydroxylation is 2. The smallest absolute Gasteiger partial charge is 0.304 e. The molecule has 0 bridgehead atoms. The first kappa shape index (κ1) is 24.1. The molecular weight excluding hydrogens is 440 g/mol. The maximum Gasteiger partial charge on any atom is 0.304 e. The molecule has 7 heteroatoms. The lowest BCUT2D eigenvalue weighted by Gasteiger charge is -2.30. The zero-order valence-corrected chi connectivity index (χ0v) is 20.6. The van der Waals surface area contributed by atoms with Gasteiger partial charge in [0.15, 0.2) is 0 Å². The maximum atomic E-state index is 11.7. The van der Waals surface area contributed by atoms with E-state index >= 15 is 0 Å². The molecule has 0 unspecified atom stereocenters. The van der Waals surface area contributed by atoms with Crippen LogP contribution in [0.25, 0.3) is 0 Å². The van der Waals surface area contributed by atoms with Crippen LogP contribution in [0, 0.1) is 5.92 Å². The molecule has 7 nitrogen and oxygen atoms in total. The number of fused-ring (bicyclic) bond motifs is 1. The number of carbonyl (C=O) groups is 1. The van der Waals surface area contributed by atoms with Gasteiger partial charge in [0.05, 0.1) is 19.6 Å².